The normalized spacial score (nSPS) is 16.6. The molecule has 1 aromatic rings. The second-order valence-electron chi connectivity index (χ2n) is 6.91. The van der Waals surface area contributed by atoms with E-state index < -0.39 is 0 Å². The molecule has 118 valence electrons. The summed E-state index contributed by atoms with van der Waals surface area (Å²) < 4.78 is 0. The lowest BCUT2D eigenvalue weighted by Crippen LogP contribution is -2.23. The molecule has 0 aliphatic heterocycles. The zero-order valence-corrected chi connectivity index (χ0v) is 14.2. The number of nitrogens with one attached hydrogen (secondary N) is 1. The first kappa shape index (κ1) is 16.4. The molecule has 1 aromatic heterocycles. The molecule has 0 spiro atoms. The fourth-order valence-electron chi connectivity index (χ4n) is 3.27. The Morgan fingerprint density at radius 2 is 1.67 bits per heavy atom. The van der Waals surface area contributed by atoms with Gasteiger partial charge >= 0.3 is 0 Å². The highest BCUT2D eigenvalue weighted by Gasteiger charge is 2.19. The van der Waals surface area contributed by atoms with Gasteiger partial charge in [0, 0.05) is 17.3 Å². The Kier molecular flexibility index (Phi) is 6.16. The zero-order valence-electron chi connectivity index (χ0n) is 14.2. The van der Waals surface area contributed by atoms with E-state index >= 15 is 0 Å². The molecule has 3 heteroatoms. The summed E-state index contributed by atoms with van der Waals surface area (Å²) >= 11 is 0. The van der Waals surface area contributed by atoms with Crippen molar-refractivity contribution in [3.8, 4) is 0 Å². The van der Waals surface area contributed by atoms with Crippen molar-refractivity contribution in [2.75, 3.05) is 13.1 Å². The Morgan fingerprint density at radius 1 is 1.05 bits per heavy atom. The van der Waals surface area contributed by atoms with E-state index in [2.05, 4.69) is 33.0 Å². The number of nitrogens with zero attached hydrogens (tertiary/aromatic N) is 2. The van der Waals surface area contributed by atoms with Gasteiger partial charge in [0.1, 0.15) is 5.82 Å². The van der Waals surface area contributed by atoms with Crippen LogP contribution < -0.4 is 5.32 Å². The number of hydrogen-bond acceptors (Lipinski definition) is 3. The Labute approximate surface area is 130 Å². The van der Waals surface area contributed by atoms with Crippen LogP contribution >= 0.6 is 0 Å². The first-order valence-electron chi connectivity index (χ1n) is 8.62. The van der Waals surface area contributed by atoms with Gasteiger partial charge in [-0.1, -0.05) is 33.1 Å². The highest BCUT2D eigenvalue weighted by molar-refractivity contribution is 5.25. The molecule has 0 unspecified atom stereocenters. The van der Waals surface area contributed by atoms with Crippen molar-refractivity contribution < 1.29 is 0 Å². The van der Waals surface area contributed by atoms with Crippen molar-refractivity contribution in [3.05, 3.63) is 22.8 Å². The van der Waals surface area contributed by atoms with Crippen molar-refractivity contribution in [1.82, 2.24) is 15.3 Å². The molecule has 1 aliphatic carbocycles. The molecule has 0 aromatic carbocycles. The second-order valence-corrected chi connectivity index (χ2v) is 6.91. The minimum atomic E-state index is 0.601. The van der Waals surface area contributed by atoms with Crippen molar-refractivity contribution >= 4 is 0 Å². The molecule has 0 radical (unpaired) electrons. The SMILES string of the molecule is Cc1nc(C2CCCCC2)nc(C)c1CCNCC(C)C. The minimum absolute atomic E-state index is 0.601. The maximum Gasteiger partial charge on any atom is 0.131 e. The van der Waals surface area contributed by atoms with Gasteiger partial charge in [0.2, 0.25) is 0 Å². The van der Waals surface area contributed by atoms with Crippen LogP contribution in [-0.4, -0.2) is 23.1 Å². The monoisotopic (exact) mass is 289 g/mol. The molecule has 1 N–H and O–H groups in total. The molecule has 0 saturated heterocycles. The van der Waals surface area contributed by atoms with Gasteiger partial charge in [-0.3, -0.25) is 0 Å². The summed E-state index contributed by atoms with van der Waals surface area (Å²) in [5.41, 5.74) is 3.72. The fraction of sp³-hybridized carbons (Fsp3) is 0.778. The van der Waals surface area contributed by atoms with Gasteiger partial charge in [-0.15, -0.1) is 0 Å². The molecule has 0 amide bonds. The largest absolute Gasteiger partial charge is 0.316 e. The molecule has 1 heterocycles. The number of rotatable bonds is 6. The van der Waals surface area contributed by atoms with Crippen LogP contribution in [0.2, 0.25) is 0 Å². The van der Waals surface area contributed by atoms with Crippen molar-refractivity contribution in [3.63, 3.8) is 0 Å². The van der Waals surface area contributed by atoms with E-state index in [0.29, 0.717) is 11.8 Å². The quantitative estimate of drug-likeness (QED) is 0.806. The molecule has 1 aliphatic rings. The molecule has 1 fully saturated rings. The van der Waals surface area contributed by atoms with Gasteiger partial charge in [0.05, 0.1) is 0 Å². The molecule has 2 rings (SSSR count). The summed E-state index contributed by atoms with van der Waals surface area (Å²) in [5, 5.41) is 3.51. The van der Waals surface area contributed by atoms with Crippen LogP contribution in [0.4, 0.5) is 0 Å². The average molecular weight is 289 g/mol. The average Bonchev–Trinajstić information content (AvgIpc) is 2.46. The van der Waals surface area contributed by atoms with Crippen LogP contribution in [0.5, 0.6) is 0 Å². The number of aromatic nitrogens is 2. The molecule has 0 bridgehead atoms. The van der Waals surface area contributed by atoms with Gasteiger partial charge in [-0.25, -0.2) is 9.97 Å². The van der Waals surface area contributed by atoms with Crippen LogP contribution in [0.1, 0.15) is 74.6 Å². The van der Waals surface area contributed by atoms with Crippen molar-refractivity contribution in [2.45, 2.75) is 72.1 Å². The lowest BCUT2D eigenvalue weighted by atomic mass is 9.88. The van der Waals surface area contributed by atoms with Crippen molar-refractivity contribution in [1.29, 1.82) is 0 Å². The first-order valence-corrected chi connectivity index (χ1v) is 8.62. The summed E-state index contributed by atoms with van der Waals surface area (Å²) in [6, 6.07) is 0. The third-order valence-corrected chi connectivity index (χ3v) is 4.51. The second kappa shape index (κ2) is 7.88. The summed E-state index contributed by atoms with van der Waals surface area (Å²) in [6.45, 7) is 10.9. The number of hydrogen-bond donors (Lipinski definition) is 1. The number of aryl methyl sites for hydroxylation is 2. The van der Waals surface area contributed by atoms with E-state index in [1.807, 2.05) is 0 Å². The summed E-state index contributed by atoms with van der Waals surface area (Å²) in [7, 11) is 0. The highest BCUT2D eigenvalue weighted by Crippen LogP contribution is 2.31. The zero-order chi connectivity index (χ0) is 15.2. The third kappa shape index (κ3) is 4.77. The Bertz CT molecular complexity index is 425. The molecule has 1 saturated carbocycles. The maximum atomic E-state index is 4.83. The summed E-state index contributed by atoms with van der Waals surface area (Å²) in [4.78, 5) is 9.67. The van der Waals surface area contributed by atoms with Gasteiger partial charge in [-0.05, 0) is 57.7 Å². The topological polar surface area (TPSA) is 37.8 Å². The van der Waals surface area contributed by atoms with E-state index in [1.165, 1.54) is 49.1 Å². The Balaban J connectivity index is 1.99. The molecule has 21 heavy (non-hydrogen) atoms. The molecular formula is C18H31N3. The van der Waals surface area contributed by atoms with Crippen LogP contribution in [-0.2, 0) is 6.42 Å². The third-order valence-electron chi connectivity index (χ3n) is 4.51. The summed E-state index contributed by atoms with van der Waals surface area (Å²) in [5.74, 6) is 2.41. The van der Waals surface area contributed by atoms with E-state index in [0.717, 1.165) is 25.3 Å². The van der Waals surface area contributed by atoms with Gasteiger partial charge in [-0.2, -0.15) is 0 Å². The van der Waals surface area contributed by atoms with Crippen molar-refractivity contribution in [2.24, 2.45) is 5.92 Å². The molecule has 3 nitrogen and oxygen atoms in total. The lowest BCUT2D eigenvalue weighted by Gasteiger charge is -2.22. The lowest BCUT2D eigenvalue weighted by molar-refractivity contribution is 0.427. The minimum Gasteiger partial charge on any atom is -0.316 e. The highest BCUT2D eigenvalue weighted by atomic mass is 14.9. The standard InChI is InChI=1S/C18H31N3/c1-13(2)12-19-11-10-17-14(3)20-18(21-15(17)4)16-8-6-5-7-9-16/h13,16,19H,5-12H2,1-4H3. The smallest absolute Gasteiger partial charge is 0.131 e. The Hall–Kier alpha value is -0.960. The first-order chi connectivity index (χ1) is 10.1. The van der Waals surface area contributed by atoms with E-state index in [4.69, 9.17) is 9.97 Å². The van der Waals surface area contributed by atoms with Crippen LogP contribution in [0.25, 0.3) is 0 Å². The molecule has 0 atom stereocenters. The van der Waals surface area contributed by atoms with E-state index in [1.54, 1.807) is 0 Å². The van der Waals surface area contributed by atoms with Crippen LogP contribution in [0, 0.1) is 19.8 Å². The van der Waals surface area contributed by atoms with Crippen LogP contribution in [0.3, 0.4) is 0 Å². The fourth-order valence-corrected chi connectivity index (χ4v) is 3.27. The Morgan fingerprint density at radius 3 is 2.24 bits per heavy atom. The van der Waals surface area contributed by atoms with Gasteiger partial charge in [0.25, 0.3) is 0 Å². The van der Waals surface area contributed by atoms with Gasteiger partial charge in [0.15, 0.2) is 0 Å². The predicted molar refractivity (Wildman–Crippen MR) is 88.7 cm³/mol. The van der Waals surface area contributed by atoms with E-state index in [-0.39, 0.29) is 0 Å². The predicted octanol–water partition coefficient (Wildman–Crippen LogP) is 3.93. The molecular weight excluding hydrogens is 258 g/mol. The maximum absolute atomic E-state index is 4.83. The van der Waals surface area contributed by atoms with Crippen LogP contribution in [0.15, 0.2) is 0 Å². The van der Waals surface area contributed by atoms with Gasteiger partial charge < -0.3 is 5.32 Å². The summed E-state index contributed by atoms with van der Waals surface area (Å²) in [6.07, 6.45) is 7.64. The van der Waals surface area contributed by atoms with E-state index in [9.17, 15) is 0 Å².